The van der Waals surface area contributed by atoms with E-state index in [1.165, 1.54) is 24.8 Å². The number of rotatable bonds is 1. The third-order valence-corrected chi connectivity index (χ3v) is 4.52. The predicted molar refractivity (Wildman–Crippen MR) is 69.6 cm³/mol. The quantitative estimate of drug-likeness (QED) is 0.477. The molecule has 3 heterocycles. The lowest BCUT2D eigenvalue weighted by molar-refractivity contribution is 0.505. The van der Waals surface area contributed by atoms with E-state index in [9.17, 15) is 0 Å². The van der Waals surface area contributed by atoms with Gasteiger partial charge in [0.05, 0.1) is 3.70 Å². The molecule has 0 aromatic carbocycles. The highest BCUT2D eigenvalue weighted by Gasteiger charge is 2.39. The van der Waals surface area contributed by atoms with Gasteiger partial charge in [0.2, 0.25) is 0 Å². The van der Waals surface area contributed by atoms with Crippen molar-refractivity contribution in [2.45, 2.75) is 37.3 Å². The van der Waals surface area contributed by atoms with Gasteiger partial charge in [-0.2, -0.15) is 0 Å². The Hall–Kier alpha value is -0.0951. The van der Waals surface area contributed by atoms with Crippen LogP contribution in [0.25, 0.3) is 0 Å². The molecule has 4 heteroatoms. The zero-order chi connectivity index (χ0) is 10.4. The average molecular weight is 310 g/mol. The van der Waals surface area contributed by atoms with Crippen molar-refractivity contribution in [3.05, 3.63) is 21.5 Å². The zero-order valence-corrected chi connectivity index (χ0v) is 10.6. The van der Waals surface area contributed by atoms with Gasteiger partial charge in [0.25, 0.3) is 0 Å². The van der Waals surface area contributed by atoms with Crippen molar-refractivity contribution in [1.82, 2.24) is 10.3 Å². The molecular formula is C11H12BIN2. The van der Waals surface area contributed by atoms with E-state index in [2.05, 4.69) is 39.0 Å². The van der Waals surface area contributed by atoms with E-state index in [0.717, 1.165) is 15.2 Å². The minimum absolute atomic E-state index is 0.635. The van der Waals surface area contributed by atoms with Gasteiger partial charge in [0, 0.05) is 24.2 Å². The van der Waals surface area contributed by atoms with Crippen LogP contribution in [0.2, 0.25) is 0 Å². The Balaban J connectivity index is 1.90. The molecule has 1 aromatic heterocycles. The second-order valence-corrected chi connectivity index (χ2v) is 5.56. The van der Waals surface area contributed by atoms with E-state index >= 15 is 0 Å². The first-order chi connectivity index (χ1) is 7.24. The Morgan fingerprint density at radius 3 is 2.93 bits per heavy atom. The lowest BCUT2D eigenvalue weighted by Gasteiger charge is -2.20. The molecule has 0 aliphatic carbocycles. The van der Waals surface area contributed by atoms with E-state index in [4.69, 9.17) is 7.85 Å². The van der Waals surface area contributed by atoms with Gasteiger partial charge in [-0.05, 0) is 47.4 Å². The third kappa shape index (κ3) is 1.71. The van der Waals surface area contributed by atoms with Crippen molar-refractivity contribution < 1.29 is 0 Å². The molecule has 3 unspecified atom stereocenters. The Labute approximate surface area is 105 Å². The molecular weight excluding hydrogens is 298 g/mol. The number of hydrogen-bond acceptors (Lipinski definition) is 2. The minimum Gasteiger partial charge on any atom is -0.311 e. The summed E-state index contributed by atoms with van der Waals surface area (Å²) in [5.41, 5.74) is 2.13. The number of hydrogen-bond donors (Lipinski definition) is 1. The summed E-state index contributed by atoms with van der Waals surface area (Å²) in [4.78, 5) is 4.34. The van der Waals surface area contributed by atoms with Gasteiger partial charge < -0.3 is 5.32 Å². The molecule has 2 aliphatic rings. The van der Waals surface area contributed by atoms with Crippen LogP contribution in [0.15, 0.2) is 12.3 Å². The highest BCUT2D eigenvalue weighted by Crippen LogP contribution is 2.39. The molecule has 0 saturated carbocycles. The molecule has 76 valence electrons. The van der Waals surface area contributed by atoms with E-state index in [0.29, 0.717) is 12.0 Å². The van der Waals surface area contributed by atoms with E-state index in [-0.39, 0.29) is 0 Å². The van der Waals surface area contributed by atoms with Gasteiger partial charge in [-0.1, -0.05) is 11.5 Å². The number of nitrogens with zero attached hydrogens (tertiary/aromatic N) is 1. The van der Waals surface area contributed by atoms with Crippen LogP contribution >= 0.6 is 22.6 Å². The molecule has 0 spiro atoms. The molecule has 2 nitrogen and oxygen atoms in total. The first kappa shape index (κ1) is 10.1. The summed E-state index contributed by atoms with van der Waals surface area (Å²) in [6.45, 7) is 0. The predicted octanol–water partition coefficient (Wildman–Crippen LogP) is 1.09. The average Bonchev–Trinajstić information content (AvgIpc) is 2.83. The van der Waals surface area contributed by atoms with Crippen molar-refractivity contribution >= 4 is 35.9 Å². The highest BCUT2D eigenvalue weighted by molar-refractivity contribution is 14.1. The summed E-state index contributed by atoms with van der Waals surface area (Å²) >= 11 is 2.18. The van der Waals surface area contributed by atoms with Crippen molar-refractivity contribution in [2.75, 3.05) is 0 Å². The molecule has 2 fully saturated rings. The lowest BCUT2D eigenvalue weighted by Crippen LogP contribution is -2.23. The molecule has 0 amide bonds. The molecule has 1 aromatic rings. The Kier molecular flexibility index (Phi) is 2.51. The summed E-state index contributed by atoms with van der Waals surface area (Å²) in [6.07, 6.45) is 5.90. The Bertz CT molecular complexity index is 396. The molecule has 15 heavy (non-hydrogen) atoms. The van der Waals surface area contributed by atoms with Gasteiger partial charge in [-0.3, -0.25) is 4.98 Å². The SMILES string of the molecule is [B]c1cc(C2CC3CCC2N3)cnc1I. The van der Waals surface area contributed by atoms with Crippen LogP contribution in [0.3, 0.4) is 0 Å². The maximum atomic E-state index is 5.90. The van der Waals surface area contributed by atoms with Crippen LogP contribution < -0.4 is 10.8 Å². The van der Waals surface area contributed by atoms with Crippen LogP contribution in [0, 0.1) is 3.70 Å². The van der Waals surface area contributed by atoms with Crippen LogP contribution in [0.1, 0.15) is 30.7 Å². The summed E-state index contributed by atoms with van der Waals surface area (Å²) in [7, 11) is 5.90. The molecule has 2 bridgehead atoms. The molecule has 3 rings (SSSR count). The van der Waals surface area contributed by atoms with Gasteiger partial charge in [0.1, 0.15) is 7.85 Å². The fourth-order valence-corrected chi connectivity index (χ4v) is 3.17. The van der Waals surface area contributed by atoms with Gasteiger partial charge in [0.15, 0.2) is 0 Å². The van der Waals surface area contributed by atoms with Gasteiger partial charge >= 0.3 is 0 Å². The first-order valence-electron chi connectivity index (χ1n) is 5.41. The number of pyridine rings is 1. The van der Waals surface area contributed by atoms with E-state index in [1.807, 2.05) is 6.20 Å². The van der Waals surface area contributed by atoms with Gasteiger partial charge in [-0.15, -0.1) is 0 Å². The summed E-state index contributed by atoms with van der Waals surface area (Å²) in [6, 6.07) is 3.50. The number of fused-ring (bicyclic) bond motifs is 2. The Morgan fingerprint density at radius 1 is 1.47 bits per heavy atom. The second-order valence-electron chi connectivity index (χ2n) is 4.54. The lowest BCUT2D eigenvalue weighted by atomic mass is 9.83. The highest BCUT2D eigenvalue weighted by atomic mass is 127. The monoisotopic (exact) mass is 310 g/mol. The normalized spacial score (nSPS) is 33.5. The second kappa shape index (κ2) is 3.73. The smallest absolute Gasteiger partial charge is 0.117 e. The van der Waals surface area contributed by atoms with Crippen molar-refractivity contribution in [3.63, 3.8) is 0 Å². The first-order valence-corrected chi connectivity index (χ1v) is 6.49. The van der Waals surface area contributed by atoms with Crippen LogP contribution in [-0.2, 0) is 0 Å². The fraction of sp³-hybridized carbons (Fsp3) is 0.545. The van der Waals surface area contributed by atoms with Crippen LogP contribution in [0.4, 0.5) is 0 Å². The maximum absolute atomic E-state index is 5.90. The van der Waals surface area contributed by atoms with Crippen molar-refractivity contribution in [1.29, 1.82) is 0 Å². The van der Waals surface area contributed by atoms with Crippen LogP contribution in [0.5, 0.6) is 0 Å². The largest absolute Gasteiger partial charge is 0.311 e. The van der Waals surface area contributed by atoms with Crippen molar-refractivity contribution in [2.24, 2.45) is 0 Å². The topological polar surface area (TPSA) is 24.9 Å². The maximum Gasteiger partial charge on any atom is 0.117 e. The van der Waals surface area contributed by atoms with E-state index < -0.39 is 0 Å². The van der Waals surface area contributed by atoms with Gasteiger partial charge in [-0.25, -0.2) is 0 Å². The number of halogens is 1. The van der Waals surface area contributed by atoms with E-state index in [1.54, 1.807) is 0 Å². The number of aromatic nitrogens is 1. The summed E-state index contributed by atoms with van der Waals surface area (Å²) in [5, 5.41) is 3.64. The standard InChI is InChI=1S/C11H12BIN2/c12-9-3-6(5-14-11(9)13)8-4-7-1-2-10(8)15-7/h3,5,7-8,10,15H,1-2,4H2. The minimum atomic E-state index is 0.635. The number of nitrogens with one attached hydrogen (secondary N) is 1. The molecule has 1 N–H and O–H groups in total. The summed E-state index contributed by atoms with van der Waals surface area (Å²) in [5.74, 6) is 0.635. The zero-order valence-electron chi connectivity index (χ0n) is 8.41. The summed E-state index contributed by atoms with van der Waals surface area (Å²) < 4.78 is 0.910. The molecule has 2 aliphatic heterocycles. The fourth-order valence-electron chi connectivity index (χ4n) is 2.88. The molecule has 2 radical (unpaired) electrons. The van der Waals surface area contributed by atoms with Crippen LogP contribution in [-0.4, -0.2) is 24.9 Å². The molecule has 2 saturated heterocycles. The Morgan fingerprint density at radius 2 is 2.33 bits per heavy atom. The third-order valence-electron chi connectivity index (χ3n) is 3.62. The van der Waals surface area contributed by atoms with Crippen molar-refractivity contribution in [3.8, 4) is 0 Å². The molecule has 3 atom stereocenters.